The molecule has 1 atom stereocenters. The third kappa shape index (κ3) is 2.42. The zero-order valence-corrected chi connectivity index (χ0v) is 9.79. The normalized spacial score (nSPS) is 12.2. The second kappa shape index (κ2) is 4.93. The highest BCUT2D eigenvalue weighted by atomic mass is 16.5. The second-order valence-electron chi connectivity index (χ2n) is 3.78. The number of aryl methyl sites for hydroxylation is 1. The molecular formula is C13H14N2O2. The van der Waals surface area contributed by atoms with Gasteiger partial charge in [0.2, 0.25) is 0 Å². The first-order valence-electron chi connectivity index (χ1n) is 5.31. The van der Waals surface area contributed by atoms with E-state index in [1.165, 1.54) is 0 Å². The Kier molecular flexibility index (Phi) is 3.35. The van der Waals surface area contributed by atoms with Gasteiger partial charge in [-0.2, -0.15) is 0 Å². The van der Waals surface area contributed by atoms with Crippen molar-refractivity contribution in [3.05, 3.63) is 53.6 Å². The maximum atomic E-state index is 10.2. The molecule has 0 aliphatic heterocycles. The van der Waals surface area contributed by atoms with E-state index < -0.39 is 6.10 Å². The average Bonchev–Trinajstić information content (AvgIpc) is 2.39. The average molecular weight is 230 g/mol. The molecule has 0 fully saturated rings. The molecule has 2 rings (SSSR count). The highest BCUT2D eigenvalue weighted by Crippen LogP contribution is 2.29. The summed E-state index contributed by atoms with van der Waals surface area (Å²) in [6.07, 6.45) is 3.86. The summed E-state index contributed by atoms with van der Waals surface area (Å²) in [5.74, 6) is 0.647. The lowest BCUT2D eigenvalue weighted by Gasteiger charge is -2.14. The van der Waals surface area contributed by atoms with Gasteiger partial charge in [-0.25, -0.2) is 0 Å². The molecule has 4 nitrogen and oxygen atoms in total. The van der Waals surface area contributed by atoms with Crippen LogP contribution in [0.2, 0.25) is 0 Å². The number of aliphatic hydroxyl groups is 1. The maximum absolute atomic E-state index is 10.2. The van der Waals surface area contributed by atoms with Crippen molar-refractivity contribution in [2.24, 2.45) is 0 Å². The lowest BCUT2D eigenvalue weighted by molar-refractivity contribution is 0.209. The van der Waals surface area contributed by atoms with Crippen molar-refractivity contribution in [3.8, 4) is 5.75 Å². The summed E-state index contributed by atoms with van der Waals surface area (Å²) < 4.78 is 5.23. The van der Waals surface area contributed by atoms with Gasteiger partial charge in [0.05, 0.1) is 19.0 Å². The van der Waals surface area contributed by atoms with Gasteiger partial charge in [-0.05, 0) is 19.1 Å². The Hall–Kier alpha value is -1.94. The van der Waals surface area contributed by atoms with Gasteiger partial charge in [0.25, 0.3) is 0 Å². The minimum absolute atomic E-state index is 0.511. The highest BCUT2D eigenvalue weighted by molar-refractivity contribution is 5.41. The molecule has 1 N–H and O–H groups in total. The van der Waals surface area contributed by atoms with Crippen LogP contribution in [0.25, 0.3) is 0 Å². The molecule has 4 heteroatoms. The van der Waals surface area contributed by atoms with E-state index in [-0.39, 0.29) is 0 Å². The van der Waals surface area contributed by atoms with Gasteiger partial charge in [-0.1, -0.05) is 11.6 Å². The van der Waals surface area contributed by atoms with Crippen LogP contribution in [0.5, 0.6) is 5.75 Å². The molecule has 1 aromatic carbocycles. The SMILES string of the molecule is COc1ccc(C)cc1C(O)c1cnccn1. The zero-order chi connectivity index (χ0) is 12.3. The van der Waals surface area contributed by atoms with Crippen molar-refractivity contribution in [2.45, 2.75) is 13.0 Å². The third-order valence-corrected chi connectivity index (χ3v) is 2.54. The van der Waals surface area contributed by atoms with Gasteiger partial charge in [0.1, 0.15) is 11.9 Å². The molecule has 17 heavy (non-hydrogen) atoms. The Morgan fingerprint density at radius 1 is 1.29 bits per heavy atom. The van der Waals surface area contributed by atoms with E-state index in [4.69, 9.17) is 4.74 Å². The number of aliphatic hydroxyl groups excluding tert-OH is 1. The van der Waals surface area contributed by atoms with Crippen LogP contribution >= 0.6 is 0 Å². The molecule has 1 unspecified atom stereocenters. The third-order valence-electron chi connectivity index (χ3n) is 2.54. The predicted molar refractivity (Wildman–Crippen MR) is 63.8 cm³/mol. The number of hydrogen-bond acceptors (Lipinski definition) is 4. The number of nitrogens with zero attached hydrogens (tertiary/aromatic N) is 2. The lowest BCUT2D eigenvalue weighted by atomic mass is 10.0. The van der Waals surface area contributed by atoms with E-state index in [2.05, 4.69) is 9.97 Å². The molecule has 0 bridgehead atoms. The Bertz CT molecular complexity index is 500. The summed E-state index contributed by atoms with van der Waals surface area (Å²) in [6.45, 7) is 1.96. The largest absolute Gasteiger partial charge is 0.496 e. The summed E-state index contributed by atoms with van der Waals surface area (Å²) in [7, 11) is 1.58. The number of ether oxygens (including phenoxy) is 1. The summed E-state index contributed by atoms with van der Waals surface area (Å²) in [5.41, 5.74) is 2.27. The van der Waals surface area contributed by atoms with Gasteiger partial charge in [-0.3, -0.25) is 9.97 Å². The van der Waals surface area contributed by atoms with Crippen LogP contribution in [0.15, 0.2) is 36.8 Å². The fourth-order valence-electron chi connectivity index (χ4n) is 1.68. The molecule has 0 saturated carbocycles. The smallest absolute Gasteiger partial charge is 0.126 e. The van der Waals surface area contributed by atoms with Crippen LogP contribution < -0.4 is 4.74 Å². The van der Waals surface area contributed by atoms with Crippen molar-refractivity contribution in [2.75, 3.05) is 7.11 Å². The quantitative estimate of drug-likeness (QED) is 0.874. The molecule has 88 valence electrons. The first-order valence-corrected chi connectivity index (χ1v) is 5.31. The predicted octanol–water partition coefficient (Wildman–Crippen LogP) is 1.88. The maximum Gasteiger partial charge on any atom is 0.126 e. The molecular weight excluding hydrogens is 216 g/mol. The minimum Gasteiger partial charge on any atom is -0.496 e. The molecule has 1 heterocycles. The van der Waals surface area contributed by atoms with Crippen molar-refractivity contribution < 1.29 is 9.84 Å². The van der Waals surface area contributed by atoms with Gasteiger partial charge >= 0.3 is 0 Å². The molecule has 0 radical (unpaired) electrons. The Morgan fingerprint density at radius 2 is 2.12 bits per heavy atom. The Morgan fingerprint density at radius 3 is 2.76 bits per heavy atom. The van der Waals surface area contributed by atoms with Crippen molar-refractivity contribution >= 4 is 0 Å². The van der Waals surface area contributed by atoms with Gasteiger partial charge in [-0.15, -0.1) is 0 Å². The van der Waals surface area contributed by atoms with Crippen LogP contribution in [-0.4, -0.2) is 22.2 Å². The van der Waals surface area contributed by atoms with Gasteiger partial charge < -0.3 is 9.84 Å². The van der Waals surface area contributed by atoms with E-state index >= 15 is 0 Å². The summed E-state index contributed by atoms with van der Waals surface area (Å²) in [5, 5.41) is 10.2. The van der Waals surface area contributed by atoms with Gasteiger partial charge in [0.15, 0.2) is 0 Å². The minimum atomic E-state index is -0.821. The van der Waals surface area contributed by atoms with Crippen molar-refractivity contribution in [1.82, 2.24) is 9.97 Å². The fourth-order valence-corrected chi connectivity index (χ4v) is 1.68. The van der Waals surface area contributed by atoms with Crippen LogP contribution in [-0.2, 0) is 0 Å². The fraction of sp³-hybridized carbons (Fsp3) is 0.231. The van der Waals surface area contributed by atoms with E-state index in [1.54, 1.807) is 25.7 Å². The lowest BCUT2D eigenvalue weighted by Crippen LogP contribution is -2.05. The van der Waals surface area contributed by atoms with Crippen LogP contribution in [0, 0.1) is 6.92 Å². The number of methoxy groups -OCH3 is 1. The number of benzene rings is 1. The first-order chi connectivity index (χ1) is 8.22. The molecule has 2 aromatic rings. The Labute approximate surface area is 99.9 Å². The molecule has 1 aromatic heterocycles. The summed E-state index contributed by atoms with van der Waals surface area (Å²) in [6, 6.07) is 5.66. The topological polar surface area (TPSA) is 55.2 Å². The van der Waals surface area contributed by atoms with Gasteiger partial charge in [0, 0.05) is 18.0 Å². The summed E-state index contributed by atoms with van der Waals surface area (Å²) >= 11 is 0. The van der Waals surface area contributed by atoms with E-state index in [1.807, 2.05) is 25.1 Å². The molecule has 0 saturated heterocycles. The van der Waals surface area contributed by atoms with E-state index in [0.29, 0.717) is 17.0 Å². The van der Waals surface area contributed by atoms with Crippen LogP contribution in [0.3, 0.4) is 0 Å². The number of hydrogen-bond donors (Lipinski definition) is 1. The van der Waals surface area contributed by atoms with E-state index in [0.717, 1.165) is 5.56 Å². The number of rotatable bonds is 3. The number of aromatic nitrogens is 2. The Balaban J connectivity index is 2.43. The molecule has 0 amide bonds. The van der Waals surface area contributed by atoms with E-state index in [9.17, 15) is 5.11 Å². The standard InChI is InChI=1S/C13H14N2O2/c1-9-3-4-12(17-2)10(7-9)13(16)11-8-14-5-6-15-11/h3-8,13,16H,1-2H3. The second-order valence-corrected chi connectivity index (χ2v) is 3.78. The van der Waals surface area contributed by atoms with Crippen LogP contribution in [0.4, 0.5) is 0 Å². The van der Waals surface area contributed by atoms with Crippen LogP contribution in [0.1, 0.15) is 22.9 Å². The molecule has 0 aliphatic carbocycles. The van der Waals surface area contributed by atoms with Crippen molar-refractivity contribution in [1.29, 1.82) is 0 Å². The molecule has 0 spiro atoms. The highest BCUT2D eigenvalue weighted by Gasteiger charge is 2.16. The first kappa shape index (κ1) is 11.5. The van der Waals surface area contributed by atoms with Crippen molar-refractivity contribution in [3.63, 3.8) is 0 Å². The monoisotopic (exact) mass is 230 g/mol. The molecule has 0 aliphatic rings. The zero-order valence-electron chi connectivity index (χ0n) is 9.79. The summed E-state index contributed by atoms with van der Waals surface area (Å²) in [4.78, 5) is 8.04.